The highest BCUT2D eigenvalue weighted by Crippen LogP contribution is 2.29. The van der Waals surface area contributed by atoms with Crippen LogP contribution in [0, 0.1) is 0 Å². The van der Waals surface area contributed by atoms with Crippen molar-refractivity contribution in [1.82, 2.24) is 4.57 Å². The molecule has 4 rings (SSSR count). The smallest absolute Gasteiger partial charge is 0.307 e. The number of aliphatic carboxylic acids is 2. The number of hydrogen-bond acceptors (Lipinski definition) is 3. The van der Waals surface area contributed by atoms with Crippen LogP contribution >= 0.6 is 0 Å². The average molecular weight is 540 g/mol. The van der Waals surface area contributed by atoms with Crippen LogP contribution in [-0.4, -0.2) is 26.7 Å². The van der Waals surface area contributed by atoms with E-state index in [0.717, 1.165) is 45.5 Å². The van der Waals surface area contributed by atoms with Crippen LogP contribution < -0.4 is 4.74 Å². The first-order valence-electron chi connectivity index (χ1n) is 14.0. The van der Waals surface area contributed by atoms with Crippen LogP contribution in [0.15, 0.2) is 72.8 Å². The van der Waals surface area contributed by atoms with Crippen LogP contribution in [0.1, 0.15) is 67.0 Å². The molecule has 0 aliphatic rings. The molecule has 0 aliphatic carbocycles. The number of carbonyl (C=O) groups is 2. The van der Waals surface area contributed by atoms with E-state index >= 15 is 0 Å². The van der Waals surface area contributed by atoms with Gasteiger partial charge in [-0.3, -0.25) is 9.59 Å². The Morgan fingerprint density at radius 2 is 1.55 bits per heavy atom. The summed E-state index contributed by atoms with van der Waals surface area (Å²) in [5, 5.41) is 19.6. The lowest BCUT2D eigenvalue weighted by atomic mass is 10.1. The van der Waals surface area contributed by atoms with Crippen LogP contribution in [-0.2, 0) is 35.6 Å². The minimum atomic E-state index is -0.907. The maximum absolute atomic E-state index is 11.7. The first-order valence-corrected chi connectivity index (χ1v) is 14.0. The SMILES string of the molecule is CCCCCc1ccc(COc2ccc(C=Cc3c(CC(=O)O)c4ccccc4n3CCCC(=O)O)cc2)cc1. The zero-order chi connectivity index (χ0) is 28.3. The van der Waals surface area contributed by atoms with Crippen LogP contribution in [0.4, 0.5) is 0 Å². The first-order chi connectivity index (χ1) is 19.4. The average Bonchev–Trinajstić information content (AvgIpc) is 3.23. The van der Waals surface area contributed by atoms with Crippen molar-refractivity contribution in [3.05, 3.63) is 101 Å². The Kier molecular flexibility index (Phi) is 10.2. The van der Waals surface area contributed by atoms with Gasteiger partial charge in [0.05, 0.1) is 6.42 Å². The molecule has 0 atom stereocenters. The summed E-state index contributed by atoms with van der Waals surface area (Å²) < 4.78 is 8.02. The van der Waals surface area contributed by atoms with Crippen molar-refractivity contribution in [2.75, 3.05) is 0 Å². The number of ether oxygens (including phenoxy) is 1. The molecule has 2 N–H and O–H groups in total. The minimum Gasteiger partial charge on any atom is -0.489 e. The summed E-state index contributed by atoms with van der Waals surface area (Å²) in [5.41, 5.74) is 5.86. The number of fused-ring (bicyclic) bond motifs is 1. The molecular formula is C34H37NO5. The van der Waals surface area contributed by atoms with Gasteiger partial charge in [0.25, 0.3) is 0 Å². The molecule has 0 spiro atoms. The number of aromatic nitrogens is 1. The predicted molar refractivity (Wildman–Crippen MR) is 160 cm³/mol. The summed E-state index contributed by atoms with van der Waals surface area (Å²) in [6.45, 7) is 3.20. The number of nitrogens with zero attached hydrogens (tertiary/aromatic N) is 1. The highest BCUT2D eigenvalue weighted by molar-refractivity contribution is 5.92. The number of para-hydroxylation sites is 1. The third-order valence-electron chi connectivity index (χ3n) is 7.03. The fraction of sp³-hybridized carbons (Fsp3) is 0.294. The molecule has 0 saturated carbocycles. The molecule has 0 bridgehead atoms. The third-order valence-corrected chi connectivity index (χ3v) is 7.03. The van der Waals surface area contributed by atoms with E-state index in [-0.39, 0.29) is 12.8 Å². The molecule has 1 aromatic heterocycles. The number of aryl methyl sites for hydroxylation is 2. The molecule has 0 unspecified atom stereocenters. The molecule has 3 aromatic carbocycles. The molecule has 6 nitrogen and oxygen atoms in total. The van der Waals surface area contributed by atoms with E-state index in [0.29, 0.717) is 19.6 Å². The van der Waals surface area contributed by atoms with E-state index < -0.39 is 11.9 Å². The molecule has 0 fully saturated rings. The van der Waals surface area contributed by atoms with Gasteiger partial charge in [-0.15, -0.1) is 0 Å². The number of hydrogen-bond donors (Lipinski definition) is 2. The maximum Gasteiger partial charge on any atom is 0.307 e. The van der Waals surface area contributed by atoms with Gasteiger partial charge in [-0.05, 0) is 65.8 Å². The molecule has 0 amide bonds. The van der Waals surface area contributed by atoms with Crippen molar-refractivity contribution in [1.29, 1.82) is 0 Å². The van der Waals surface area contributed by atoms with Crippen molar-refractivity contribution in [2.45, 2.75) is 65.0 Å². The Morgan fingerprint density at radius 3 is 2.25 bits per heavy atom. The fourth-order valence-electron chi connectivity index (χ4n) is 4.95. The number of benzene rings is 3. The van der Waals surface area contributed by atoms with Crippen molar-refractivity contribution < 1.29 is 24.5 Å². The molecule has 6 heteroatoms. The van der Waals surface area contributed by atoms with Gasteiger partial charge in [-0.1, -0.05) is 80.4 Å². The van der Waals surface area contributed by atoms with Crippen molar-refractivity contribution in [3.8, 4) is 5.75 Å². The lowest BCUT2D eigenvalue weighted by Gasteiger charge is -2.09. The number of carboxylic acids is 2. The van der Waals surface area contributed by atoms with Crippen molar-refractivity contribution in [3.63, 3.8) is 0 Å². The van der Waals surface area contributed by atoms with Crippen LogP contribution in [0.2, 0.25) is 0 Å². The highest BCUT2D eigenvalue weighted by atomic mass is 16.5. The maximum atomic E-state index is 11.7. The summed E-state index contributed by atoms with van der Waals surface area (Å²) >= 11 is 0. The number of carboxylic acid groups (broad SMARTS) is 2. The number of rotatable bonds is 15. The Morgan fingerprint density at radius 1 is 0.825 bits per heavy atom. The molecule has 208 valence electrons. The van der Waals surface area contributed by atoms with Crippen molar-refractivity contribution in [2.24, 2.45) is 0 Å². The Labute approximate surface area is 235 Å². The van der Waals surface area contributed by atoms with Gasteiger partial charge in [-0.2, -0.15) is 0 Å². The highest BCUT2D eigenvalue weighted by Gasteiger charge is 2.17. The Hall–Kier alpha value is -4.32. The van der Waals surface area contributed by atoms with E-state index in [9.17, 15) is 14.7 Å². The molecule has 0 aliphatic heterocycles. The lowest BCUT2D eigenvalue weighted by molar-refractivity contribution is -0.137. The molecule has 1 heterocycles. The fourth-order valence-corrected chi connectivity index (χ4v) is 4.95. The Bertz CT molecular complexity index is 1450. The number of unbranched alkanes of at least 4 members (excludes halogenated alkanes) is 2. The third kappa shape index (κ3) is 7.85. The van der Waals surface area contributed by atoms with Gasteiger partial charge >= 0.3 is 11.9 Å². The van der Waals surface area contributed by atoms with Gasteiger partial charge in [0.1, 0.15) is 12.4 Å². The van der Waals surface area contributed by atoms with Gasteiger partial charge < -0.3 is 19.5 Å². The molecule has 4 aromatic rings. The van der Waals surface area contributed by atoms with E-state index in [1.165, 1.54) is 24.8 Å². The largest absolute Gasteiger partial charge is 0.489 e. The van der Waals surface area contributed by atoms with E-state index in [1.807, 2.05) is 65.3 Å². The van der Waals surface area contributed by atoms with E-state index in [2.05, 4.69) is 31.2 Å². The second-order valence-corrected chi connectivity index (χ2v) is 10.1. The molecule has 0 radical (unpaired) electrons. The zero-order valence-corrected chi connectivity index (χ0v) is 23.0. The van der Waals surface area contributed by atoms with Gasteiger partial charge in [0.2, 0.25) is 0 Å². The summed E-state index contributed by atoms with van der Waals surface area (Å²) in [6.07, 6.45) is 9.10. The predicted octanol–water partition coefficient (Wildman–Crippen LogP) is 7.62. The standard InChI is InChI=1S/C34H37NO5/c1-2-3-4-8-25-12-14-27(15-13-25)24-40-28-19-16-26(17-20-28)18-21-32-30(23-34(38)39)29-9-5-6-10-31(29)35(32)22-7-11-33(36)37/h5-6,9-10,12-21H,2-4,7-8,11,22-24H2,1H3,(H,36,37)(H,38,39). The summed E-state index contributed by atoms with van der Waals surface area (Å²) in [7, 11) is 0. The topological polar surface area (TPSA) is 88.8 Å². The van der Waals surface area contributed by atoms with Gasteiger partial charge in [0.15, 0.2) is 0 Å². The summed E-state index contributed by atoms with van der Waals surface area (Å²) in [4.78, 5) is 22.8. The van der Waals surface area contributed by atoms with E-state index in [1.54, 1.807) is 0 Å². The summed E-state index contributed by atoms with van der Waals surface area (Å²) in [6, 6.07) is 24.1. The van der Waals surface area contributed by atoms with Gasteiger partial charge in [-0.25, -0.2) is 0 Å². The lowest BCUT2D eigenvalue weighted by Crippen LogP contribution is -2.06. The Balaban J connectivity index is 1.47. The van der Waals surface area contributed by atoms with Crippen LogP contribution in [0.25, 0.3) is 23.1 Å². The molecule has 40 heavy (non-hydrogen) atoms. The zero-order valence-electron chi connectivity index (χ0n) is 23.0. The minimum absolute atomic E-state index is 0.0501. The van der Waals surface area contributed by atoms with Crippen molar-refractivity contribution >= 4 is 35.0 Å². The second kappa shape index (κ2) is 14.2. The summed E-state index contributed by atoms with van der Waals surface area (Å²) in [5.74, 6) is -0.977. The normalized spacial score (nSPS) is 11.3. The molecular weight excluding hydrogens is 502 g/mol. The molecule has 0 saturated heterocycles. The van der Waals surface area contributed by atoms with Gasteiger partial charge in [0, 0.05) is 29.6 Å². The monoisotopic (exact) mass is 539 g/mol. The van der Waals surface area contributed by atoms with E-state index in [4.69, 9.17) is 9.84 Å². The van der Waals surface area contributed by atoms with Crippen LogP contribution in [0.3, 0.4) is 0 Å². The van der Waals surface area contributed by atoms with Crippen LogP contribution in [0.5, 0.6) is 5.75 Å². The first kappa shape index (κ1) is 28.7. The second-order valence-electron chi connectivity index (χ2n) is 10.1. The quantitative estimate of drug-likeness (QED) is 0.152.